The molecule has 3 rings (SSSR count). The average molecular weight is 287 g/mol. The van der Waals surface area contributed by atoms with Crippen molar-refractivity contribution in [1.82, 2.24) is 9.78 Å². The van der Waals surface area contributed by atoms with Crippen LogP contribution in [0.25, 0.3) is 11.3 Å². The van der Waals surface area contributed by atoms with Crippen LogP contribution >= 0.6 is 0 Å². The molecule has 1 aromatic heterocycles. The van der Waals surface area contributed by atoms with Crippen LogP contribution in [-0.2, 0) is 6.42 Å². The first-order valence-electron chi connectivity index (χ1n) is 6.58. The van der Waals surface area contributed by atoms with Gasteiger partial charge in [0.2, 0.25) is 5.96 Å². The molecule has 0 unspecified atom stereocenters. The van der Waals surface area contributed by atoms with E-state index in [0.29, 0.717) is 5.75 Å². The van der Waals surface area contributed by atoms with E-state index in [-0.39, 0.29) is 5.96 Å². The number of rotatable bonds is 3. The van der Waals surface area contributed by atoms with E-state index in [9.17, 15) is 0 Å². The van der Waals surface area contributed by atoms with Crippen molar-refractivity contribution in [3.63, 3.8) is 0 Å². The molecule has 0 radical (unpaired) electrons. The van der Waals surface area contributed by atoms with Crippen LogP contribution in [0.5, 0.6) is 11.5 Å². The van der Waals surface area contributed by atoms with Crippen LogP contribution in [0.4, 0.5) is 5.82 Å². The number of hydrogen-bond donors (Lipinski definition) is 3. The van der Waals surface area contributed by atoms with Crippen molar-refractivity contribution in [2.75, 3.05) is 26.1 Å². The summed E-state index contributed by atoms with van der Waals surface area (Å²) in [5.41, 5.74) is 8.28. The van der Waals surface area contributed by atoms with Crippen molar-refractivity contribution in [1.29, 1.82) is 5.41 Å². The van der Waals surface area contributed by atoms with E-state index in [2.05, 4.69) is 10.4 Å². The highest BCUT2D eigenvalue weighted by atomic mass is 16.5. The number of aromatic nitrogens is 2. The van der Waals surface area contributed by atoms with E-state index in [1.807, 2.05) is 18.2 Å². The van der Waals surface area contributed by atoms with Crippen molar-refractivity contribution in [3.8, 4) is 22.8 Å². The lowest BCUT2D eigenvalue weighted by molar-refractivity contribution is 0.395. The summed E-state index contributed by atoms with van der Waals surface area (Å²) < 4.78 is 12.1. The minimum atomic E-state index is -0.112. The molecule has 2 aromatic rings. The van der Waals surface area contributed by atoms with E-state index < -0.39 is 0 Å². The molecule has 1 aliphatic heterocycles. The van der Waals surface area contributed by atoms with Crippen molar-refractivity contribution in [2.24, 2.45) is 5.73 Å². The first-order chi connectivity index (χ1) is 10.2. The Morgan fingerprint density at radius 3 is 2.86 bits per heavy atom. The normalized spacial score (nSPS) is 12.7. The summed E-state index contributed by atoms with van der Waals surface area (Å²) in [6.45, 7) is 0.811. The van der Waals surface area contributed by atoms with Crippen LogP contribution < -0.4 is 20.5 Å². The highest BCUT2D eigenvalue weighted by Crippen LogP contribution is 2.38. The number of anilines is 1. The summed E-state index contributed by atoms with van der Waals surface area (Å²) in [5.74, 6) is 2.07. The van der Waals surface area contributed by atoms with E-state index in [4.69, 9.17) is 20.6 Å². The van der Waals surface area contributed by atoms with Gasteiger partial charge in [0.1, 0.15) is 23.0 Å². The van der Waals surface area contributed by atoms with Crippen LogP contribution in [0.2, 0.25) is 0 Å². The molecule has 0 aliphatic carbocycles. The van der Waals surface area contributed by atoms with Gasteiger partial charge >= 0.3 is 0 Å². The molecule has 0 amide bonds. The molecule has 7 heteroatoms. The topological polar surface area (TPSA) is 98.2 Å². The predicted octanol–water partition coefficient (Wildman–Crippen LogP) is 1.28. The van der Waals surface area contributed by atoms with E-state index in [0.717, 1.165) is 41.4 Å². The number of fused-ring (bicyclic) bond motifs is 1. The highest BCUT2D eigenvalue weighted by Gasteiger charge is 2.25. The summed E-state index contributed by atoms with van der Waals surface area (Å²) in [6.07, 6.45) is 0.840. The Balaban J connectivity index is 2.17. The van der Waals surface area contributed by atoms with Gasteiger partial charge in [0.25, 0.3) is 0 Å². The van der Waals surface area contributed by atoms with Crippen molar-refractivity contribution < 1.29 is 9.47 Å². The van der Waals surface area contributed by atoms with Crippen molar-refractivity contribution in [2.45, 2.75) is 6.42 Å². The Bertz CT molecular complexity index is 708. The van der Waals surface area contributed by atoms with Crippen LogP contribution in [-0.4, -0.2) is 36.5 Å². The Morgan fingerprint density at radius 1 is 1.38 bits per heavy atom. The zero-order valence-electron chi connectivity index (χ0n) is 11.9. The second-order valence-electron chi connectivity index (χ2n) is 4.72. The maximum Gasteiger partial charge on any atom is 0.215 e. The maximum absolute atomic E-state index is 7.63. The fourth-order valence-corrected chi connectivity index (χ4v) is 2.56. The molecular formula is C14H17N5O2. The zero-order valence-corrected chi connectivity index (χ0v) is 11.9. The first kappa shape index (κ1) is 13.3. The molecule has 0 saturated heterocycles. The summed E-state index contributed by atoms with van der Waals surface area (Å²) in [5, 5.41) is 15.3. The van der Waals surface area contributed by atoms with Crippen LogP contribution in [0.1, 0.15) is 5.56 Å². The van der Waals surface area contributed by atoms with Gasteiger partial charge < -0.3 is 20.5 Å². The van der Waals surface area contributed by atoms with Gasteiger partial charge in [0.15, 0.2) is 0 Å². The van der Waals surface area contributed by atoms with E-state index in [1.54, 1.807) is 14.2 Å². The quantitative estimate of drug-likeness (QED) is 0.583. The number of nitrogen functional groups attached to an aromatic ring is 1. The van der Waals surface area contributed by atoms with Gasteiger partial charge in [-0.15, -0.1) is 0 Å². The Hall–Kier alpha value is -2.70. The van der Waals surface area contributed by atoms with Gasteiger partial charge in [0, 0.05) is 23.7 Å². The lowest BCUT2D eigenvalue weighted by Gasteiger charge is -2.09. The molecule has 0 atom stereocenters. The second kappa shape index (κ2) is 5.01. The van der Waals surface area contributed by atoms with Gasteiger partial charge in [-0.05, 0) is 18.6 Å². The standard InChI is InChI=1S/C14H17N5O2/c1-20-8-3-4-9(11(7-8)21-2)12-10-5-6-17-13(10)19(18-12)14(15)16/h3-4,7,17H,5-6H2,1-2H3,(H3,15,16). The lowest BCUT2D eigenvalue weighted by Crippen LogP contribution is -2.23. The molecule has 0 spiro atoms. The van der Waals surface area contributed by atoms with Crippen molar-refractivity contribution in [3.05, 3.63) is 23.8 Å². The fourth-order valence-electron chi connectivity index (χ4n) is 2.56. The molecule has 0 bridgehead atoms. The van der Waals surface area contributed by atoms with Gasteiger partial charge in [-0.1, -0.05) is 0 Å². The largest absolute Gasteiger partial charge is 0.497 e. The van der Waals surface area contributed by atoms with Gasteiger partial charge in [-0.25, -0.2) is 0 Å². The second-order valence-corrected chi connectivity index (χ2v) is 4.72. The molecule has 0 fully saturated rings. The molecule has 1 aromatic carbocycles. The Kier molecular flexibility index (Phi) is 3.17. The lowest BCUT2D eigenvalue weighted by atomic mass is 10.1. The van der Waals surface area contributed by atoms with Gasteiger partial charge in [0.05, 0.1) is 14.2 Å². The average Bonchev–Trinajstić information content (AvgIpc) is 3.08. The zero-order chi connectivity index (χ0) is 15.0. The minimum absolute atomic E-state index is 0.112. The smallest absolute Gasteiger partial charge is 0.215 e. The Labute approximate surface area is 122 Å². The fraction of sp³-hybridized carbons (Fsp3) is 0.286. The molecule has 2 heterocycles. The maximum atomic E-state index is 7.63. The summed E-state index contributed by atoms with van der Waals surface area (Å²) in [4.78, 5) is 0. The third-order valence-electron chi connectivity index (χ3n) is 3.54. The van der Waals surface area contributed by atoms with Crippen LogP contribution in [0.3, 0.4) is 0 Å². The first-order valence-corrected chi connectivity index (χ1v) is 6.58. The molecule has 21 heavy (non-hydrogen) atoms. The molecule has 110 valence electrons. The number of methoxy groups -OCH3 is 2. The number of nitrogens with two attached hydrogens (primary N) is 1. The number of hydrogen-bond acceptors (Lipinski definition) is 5. The number of benzene rings is 1. The summed E-state index contributed by atoms with van der Waals surface area (Å²) in [7, 11) is 3.22. The van der Waals surface area contributed by atoms with Crippen molar-refractivity contribution >= 4 is 11.8 Å². The number of nitrogens with one attached hydrogen (secondary N) is 2. The molecule has 0 saturated carbocycles. The summed E-state index contributed by atoms with van der Waals surface area (Å²) >= 11 is 0. The van der Waals surface area contributed by atoms with Gasteiger partial charge in [-0.2, -0.15) is 9.78 Å². The monoisotopic (exact) mass is 287 g/mol. The molecule has 7 nitrogen and oxygen atoms in total. The predicted molar refractivity (Wildman–Crippen MR) is 80.3 cm³/mol. The molecule has 4 N–H and O–H groups in total. The molecule has 1 aliphatic rings. The third-order valence-corrected chi connectivity index (χ3v) is 3.54. The number of ether oxygens (including phenoxy) is 2. The Morgan fingerprint density at radius 2 is 2.19 bits per heavy atom. The summed E-state index contributed by atoms with van der Waals surface area (Å²) in [6, 6.07) is 5.58. The van der Waals surface area contributed by atoms with Crippen LogP contribution in [0, 0.1) is 5.41 Å². The molecular weight excluding hydrogens is 270 g/mol. The van der Waals surface area contributed by atoms with Crippen LogP contribution in [0.15, 0.2) is 18.2 Å². The SMILES string of the molecule is COc1ccc(-c2nn(C(=N)N)c3c2CCN3)c(OC)c1. The van der Waals surface area contributed by atoms with E-state index in [1.165, 1.54) is 4.68 Å². The minimum Gasteiger partial charge on any atom is -0.497 e. The van der Waals surface area contributed by atoms with Gasteiger partial charge in [-0.3, -0.25) is 5.41 Å². The third kappa shape index (κ3) is 2.06. The van der Waals surface area contributed by atoms with E-state index >= 15 is 0 Å². The number of nitrogens with zero attached hydrogens (tertiary/aromatic N) is 2. The highest BCUT2D eigenvalue weighted by molar-refractivity contribution is 5.85.